The van der Waals surface area contributed by atoms with Gasteiger partial charge in [0, 0.05) is 0 Å². The van der Waals surface area contributed by atoms with Gasteiger partial charge in [0.1, 0.15) is 5.75 Å². The summed E-state index contributed by atoms with van der Waals surface area (Å²) < 4.78 is 5.20. The van der Waals surface area contributed by atoms with Crippen LogP contribution < -0.4 is 4.74 Å². The van der Waals surface area contributed by atoms with Gasteiger partial charge in [0.15, 0.2) is 0 Å². The van der Waals surface area contributed by atoms with E-state index in [9.17, 15) is 0 Å². The number of hydrogen-bond acceptors (Lipinski definition) is 1. The molecule has 0 aromatic heterocycles. The fourth-order valence-electron chi connectivity index (χ4n) is 3.45. The van der Waals surface area contributed by atoms with Crippen LogP contribution in [0.2, 0.25) is 0 Å². The molecule has 1 aliphatic rings. The molecule has 1 aromatic rings. The summed E-state index contributed by atoms with van der Waals surface area (Å²) in [7, 11) is 1.71. The summed E-state index contributed by atoms with van der Waals surface area (Å²) in [6.07, 6.45) is 8.86. The van der Waals surface area contributed by atoms with Crippen LogP contribution in [0.1, 0.15) is 45.6 Å². The monoisotopic (exact) mass is 272 g/mol. The van der Waals surface area contributed by atoms with Crippen LogP contribution in [0.5, 0.6) is 5.75 Å². The fourth-order valence-corrected chi connectivity index (χ4v) is 3.45. The Kier molecular flexibility index (Phi) is 5.28. The minimum atomic E-state index is 0.737. The maximum Gasteiger partial charge on any atom is 0.118 e. The number of hydrogen-bond donors (Lipinski definition) is 0. The van der Waals surface area contributed by atoms with Gasteiger partial charge in [0.2, 0.25) is 0 Å². The first-order chi connectivity index (χ1) is 9.60. The third kappa shape index (κ3) is 3.88. The number of benzene rings is 1. The van der Waals surface area contributed by atoms with Gasteiger partial charge < -0.3 is 4.74 Å². The molecular formula is C19H28O. The summed E-state index contributed by atoms with van der Waals surface area (Å²) >= 11 is 0. The van der Waals surface area contributed by atoms with E-state index in [4.69, 9.17) is 4.74 Å². The molecule has 3 atom stereocenters. The van der Waals surface area contributed by atoms with Crippen molar-refractivity contribution in [1.29, 1.82) is 0 Å². The van der Waals surface area contributed by atoms with Gasteiger partial charge in [0.05, 0.1) is 7.11 Å². The van der Waals surface area contributed by atoms with Crippen molar-refractivity contribution in [2.75, 3.05) is 7.11 Å². The smallest absolute Gasteiger partial charge is 0.118 e. The molecule has 1 fully saturated rings. The van der Waals surface area contributed by atoms with Gasteiger partial charge in [-0.1, -0.05) is 51.5 Å². The zero-order chi connectivity index (χ0) is 14.5. The summed E-state index contributed by atoms with van der Waals surface area (Å²) in [6.45, 7) is 7.13. The van der Waals surface area contributed by atoms with Crippen LogP contribution in [0, 0.1) is 23.7 Å². The zero-order valence-electron chi connectivity index (χ0n) is 13.3. The van der Waals surface area contributed by atoms with Crippen LogP contribution in [0.25, 0.3) is 6.08 Å². The molecule has 0 heterocycles. The molecule has 1 aliphatic carbocycles. The topological polar surface area (TPSA) is 9.23 Å². The van der Waals surface area contributed by atoms with Crippen molar-refractivity contribution < 1.29 is 4.74 Å². The van der Waals surface area contributed by atoms with Gasteiger partial charge >= 0.3 is 0 Å². The summed E-state index contributed by atoms with van der Waals surface area (Å²) in [6, 6.07) is 8.32. The van der Waals surface area contributed by atoms with E-state index in [1.165, 1.54) is 24.8 Å². The zero-order valence-corrected chi connectivity index (χ0v) is 13.3. The molecule has 1 heteroatoms. The highest BCUT2D eigenvalue weighted by Gasteiger charge is 2.28. The Morgan fingerprint density at radius 2 is 1.85 bits per heavy atom. The van der Waals surface area contributed by atoms with Gasteiger partial charge in [-0.2, -0.15) is 0 Å². The molecule has 1 saturated carbocycles. The molecule has 1 aromatic carbocycles. The summed E-state index contributed by atoms with van der Waals surface area (Å²) in [5.41, 5.74) is 1.27. The van der Waals surface area contributed by atoms with Crippen molar-refractivity contribution in [2.24, 2.45) is 23.7 Å². The first-order valence-corrected chi connectivity index (χ1v) is 7.92. The standard InChI is InChI=1S/C19H28O/c1-14(2)19-12-5-15(3)13-17(19)9-6-16-7-10-18(20-4)11-8-16/h6-11,14-15,17,19H,5,12-13H2,1-4H3/b9-6+/t15-,17+,19+/m1/s1. The third-order valence-corrected chi connectivity index (χ3v) is 4.73. The maximum absolute atomic E-state index is 5.20. The fraction of sp³-hybridized carbons (Fsp3) is 0.579. The lowest BCUT2D eigenvalue weighted by molar-refractivity contribution is 0.179. The Morgan fingerprint density at radius 1 is 1.15 bits per heavy atom. The van der Waals surface area contributed by atoms with Crippen molar-refractivity contribution in [3.63, 3.8) is 0 Å². The predicted octanol–water partition coefficient (Wildman–Crippen LogP) is 5.42. The lowest BCUT2D eigenvalue weighted by atomic mass is 9.70. The second-order valence-corrected chi connectivity index (χ2v) is 6.62. The Hall–Kier alpha value is -1.24. The van der Waals surface area contributed by atoms with E-state index < -0.39 is 0 Å². The minimum absolute atomic E-state index is 0.737. The van der Waals surface area contributed by atoms with Gasteiger partial charge in [-0.25, -0.2) is 0 Å². The first kappa shape index (κ1) is 15.2. The third-order valence-electron chi connectivity index (χ3n) is 4.73. The van der Waals surface area contributed by atoms with E-state index >= 15 is 0 Å². The van der Waals surface area contributed by atoms with Crippen LogP contribution >= 0.6 is 0 Å². The highest BCUT2D eigenvalue weighted by atomic mass is 16.5. The lowest BCUT2D eigenvalue weighted by Gasteiger charge is -2.35. The Bertz CT molecular complexity index is 430. The molecule has 110 valence electrons. The van der Waals surface area contributed by atoms with Crippen LogP contribution in [0.4, 0.5) is 0 Å². The minimum Gasteiger partial charge on any atom is -0.497 e. The van der Waals surface area contributed by atoms with Crippen LogP contribution in [-0.2, 0) is 0 Å². The van der Waals surface area contributed by atoms with E-state index in [2.05, 4.69) is 45.1 Å². The molecular weight excluding hydrogens is 244 g/mol. The van der Waals surface area contributed by atoms with Crippen LogP contribution in [0.15, 0.2) is 30.3 Å². The Morgan fingerprint density at radius 3 is 2.45 bits per heavy atom. The van der Waals surface area contributed by atoms with Crippen molar-refractivity contribution in [3.05, 3.63) is 35.9 Å². The molecule has 0 saturated heterocycles. The van der Waals surface area contributed by atoms with Crippen molar-refractivity contribution in [2.45, 2.75) is 40.0 Å². The van der Waals surface area contributed by atoms with E-state index in [0.29, 0.717) is 0 Å². The van der Waals surface area contributed by atoms with Crippen LogP contribution in [0.3, 0.4) is 0 Å². The largest absolute Gasteiger partial charge is 0.497 e. The number of ether oxygens (including phenoxy) is 1. The highest BCUT2D eigenvalue weighted by molar-refractivity contribution is 5.50. The van der Waals surface area contributed by atoms with E-state index in [1.54, 1.807) is 7.11 Å². The lowest BCUT2D eigenvalue weighted by Crippen LogP contribution is -2.26. The Labute approximate surface area is 124 Å². The molecule has 0 spiro atoms. The highest BCUT2D eigenvalue weighted by Crippen LogP contribution is 2.38. The first-order valence-electron chi connectivity index (χ1n) is 7.92. The maximum atomic E-state index is 5.20. The molecule has 0 amide bonds. The normalized spacial score (nSPS) is 27.1. The van der Waals surface area contributed by atoms with Gasteiger partial charge in [-0.15, -0.1) is 0 Å². The molecule has 20 heavy (non-hydrogen) atoms. The second-order valence-electron chi connectivity index (χ2n) is 6.62. The molecule has 0 N–H and O–H groups in total. The average molecular weight is 272 g/mol. The Balaban J connectivity index is 2.06. The average Bonchev–Trinajstić information content (AvgIpc) is 2.45. The van der Waals surface area contributed by atoms with Crippen molar-refractivity contribution in [1.82, 2.24) is 0 Å². The molecule has 0 aliphatic heterocycles. The molecule has 0 bridgehead atoms. The number of allylic oxidation sites excluding steroid dienone is 1. The summed E-state index contributed by atoms with van der Waals surface area (Å²) in [5.74, 6) is 4.17. The van der Waals surface area contributed by atoms with E-state index in [1.807, 2.05) is 12.1 Å². The summed E-state index contributed by atoms with van der Waals surface area (Å²) in [5, 5.41) is 0. The quantitative estimate of drug-likeness (QED) is 0.711. The van der Waals surface area contributed by atoms with Gasteiger partial charge in [-0.05, 0) is 54.2 Å². The van der Waals surface area contributed by atoms with Crippen molar-refractivity contribution >= 4 is 6.08 Å². The van der Waals surface area contributed by atoms with E-state index in [-0.39, 0.29) is 0 Å². The van der Waals surface area contributed by atoms with Crippen LogP contribution in [-0.4, -0.2) is 7.11 Å². The predicted molar refractivity (Wildman–Crippen MR) is 86.9 cm³/mol. The van der Waals surface area contributed by atoms with Gasteiger partial charge in [0.25, 0.3) is 0 Å². The molecule has 2 rings (SSSR count). The number of rotatable bonds is 4. The number of methoxy groups -OCH3 is 1. The van der Waals surface area contributed by atoms with E-state index in [0.717, 1.165) is 29.4 Å². The molecule has 0 unspecified atom stereocenters. The summed E-state index contributed by atoms with van der Waals surface area (Å²) in [4.78, 5) is 0. The second kappa shape index (κ2) is 6.97. The van der Waals surface area contributed by atoms with Gasteiger partial charge in [-0.3, -0.25) is 0 Å². The molecule has 0 radical (unpaired) electrons. The molecule has 1 nitrogen and oxygen atoms in total. The van der Waals surface area contributed by atoms with Crippen molar-refractivity contribution in [3.8, 4) is 5.75 Å². The SMILES string of the molecule is COc1ccc(/C=C/[C@H]2C[C@H](C)CC[C@H]2C(C)C)cc1.